The van der Waals surface area contributed by atoms with Crippen molar-refractivity contribution in [3.63, 3.8) is 0 Å². The fourth-order valence-electron chi connectivity index (χ4n) is 1.37. The zero-order chi connectivity index (χ0) is 11.3. The molecular formula is C12H15NO2. The van der Waals surface area contributed by atoms with Gasteiger partial charge in [0.2, 0.25) is 5.91 Å². The average molecular weight is 205 g/mol. The summed E-state index contributed by atoms with van der Waals surface area (Å²) < 4.78 is 0. The van der Waals surface area contributed by atoms with Gasteiger partial charge in [0.15, 0.2) is 0 Å². The Balaban J connectivity index is 2.70. The summed E-state index contributed by atoms with van der Waals surface area (Å²) in [5, 5.41) is 0. The molecule has 1 rings (SSSR count). The van der Waals surface area contributed by atoms with Crippen LogP contribution in [0, 0.1) is 0 Å². The van der Waals surface area contributed by atoms with Crippen LogP contribution in [0.3, 0.4) is 0 Å². The molecule has 1 unspecified atom stereocenters. The number of carbonyl (C=O) groups excluding carboxylic acids is 2. The lowest BCUT2D eigenvalue weighted by atomic mass is 10.1. The minimum absolute atomic E-state index is 0.0944. The molecule has 0 N–H and O–H groups in total. The third-order valence-corrected chi connectivity index (χ3v) is 2.44. The number of rotatable bonds is 4. The monoisotopic (exact) mass is 205 g/mol. The molecule has 3 nitrogen and oxygen atoms in total. The van der Waals surface area contributed by atoms with Gasteiger partial charge in [0.05, 0.1) is 6.04 Å². The van der Waals surface area contributed by atoms with Gasteiger partial charge >= 0.3 is 0 Å². The maximum atomic E-state index is 11.1. The number of amides is 1. The molecule has 80 valence electrons. The molecule has 15 heavy (non-hydrogen) atoms. The van der Waals surface area contributed by atoms with Crippen molar-refractivity contribution in [3.05, 3.63) is 35.9 Å². The number of likely N-dealkylation sites (N-methyl/N-ethyl adjacent to an activating group) is 1. The molecule has 1 amide bonds. The van der Waals surface area contributed by atoms with Crippen LogP contribution >= 0.6 is 0 Å². The summed E-state index contributed by atoms with van der Waals surface area (Å²) in [6.45, 7) is 1.46. The first kappa shape index (κ1) is 11.4. The van der Waals surface area contributed by atoms with Gasteiger partial charge in [-0.05, 0) is 12.0 Å². The first-order valence-electron chi connectivity index (χ1n) is 4.87. The van der Waals surface area contributed by atoms with Crippen LogP contribution in [-0.2, 0) is 16.0 Å². The van der Waals surface area contributed by atoms with Gasteiger partial charge in [-0.3, -0.25) is 4.79 Å². The molecule has 0 aliphatic rings. The molecular weight excluding hydrogens is 190 g/mol. The second-order valence-corrected chi connectivity index (χ2v) is 3.52. The lowest BCUT2D eigenvalue weighted by molar-refractivity contribution is -0.132. The van der Waals surface area contributed by atoms with Gasteiger partial charge in [-0.2, -0.15) is 0 Å². The highest BCUT2D eigenvalue weighted by atomic mass is 16.2. The quantitative estimate of drug-likeness (QED) is 0.694. The van der Waals surface area contributed by atoms with Crippen molar-refractivity contribution < 1.29 is 9.59 Å². The highest BCUT2D eigenvalue weighted by molar-refractivity contribution is 5.77. The maximum absolute atomic E-state index is 11.1. The standard InChI is InChI=1S/C12H15NO2/c1-10(15)13(2)12(9-14)8-11-6-4-3-5-7-11/h3-7,9,12H,8H2,1-2H3. The highest BCUT2D eigenvalue weighted by Crippen LogP contribution is 2.06. The Kier molecular flexibility index (Phi) is 4.03. The van der Waals surface area contributed by atoms with Gasteiger partial charge < -0.3 is 9.69 Å². The van der Waals surface area contributed by atoms with E-state index in [1.54, 1.807) is 7.05 Å². The fourth-order valence-corrected chi connectivity index (χ4v) is 1.37. The fraction of sp³-hybridized carbons (Fsp3) is 0.333. The van der Waals surface area contributed by atoms with Crippen molar-refractivity contribution in [2.45, 2.75) is 19.4 Å². The Morgan fingerprint density at radius 3 is 2.47 bits per heavy atom. The molecule has 0 saturated heterocycles. The molecule has 0 heterocycles. The highest BCUT2D eigenvalue weighted by Gasteiger charge is 2.16. The summed E-state index contributed by atoms with van der Waals surface area (Å²) in [6, 6.07) is 9.30. The Hall–Kier alpha value is -1.64. The van der Waals surface area contributed by atoms with Crippen molar-refractivity contribution in [2.75, 3.05) is 7.05 Å². The van der Waals surface area contributed by atoms with Gasteiger partial charge in [-0.25, -0.2) is 0 Å². The lowest BCUT2D eigenvalue weighted by Gasteiger charge is -2.22. The first-order chi connectivity index (χ1) is 7.15. The summed E-state index contributed by atoms with van der Waals surface area (Å²) in [5.41, 5.74) is 1.06. The second-order valence-electron chi connectivity index (χ2n) is 3.52. The third-order valence-electron chi connectivity index (χ3n) is 2.44. The van der Waals surface area contributed by atoms with Crippen LogP contribution in [0.5, 0.6) is 0 Å². The van der Waals surface area contributed by atoms with Gasteiger partial charge in [0, 0.05) is 14.0 Å². The number of carbonyl (C=O) groups is 2. The van der Waals surface area contributed by atoms with Crippen LogP contribution in [0.15, 0.2) is 30.3 Å². The minimum Gasteiger partial charge on any atom is -0.336 e. The minimum atomic E-state index is -0.370. The van der Waals surface area contributed by atoms with Crippen LogP contribution in [0.1, 0.15) is 12.5 Å². The van der Waals surface area contributed by atoms with Crippen molar-refractivity contribution in [1.29, 1.82) is 0 Å². The summed E-state index contributed by atoms with van der Waals surface area (Å²) in [6.07, 6.45) is 1.38. The van der Waals surface area contributed by atoms with E-state index in [-0.39, 0.29) is 11.9 Å². The van der Waals surface area contributed by atoms with Crippen molar-refractivity contribution in [3.8, 4) is 0 Å². The third kappa shape index (κ3) is 3.20. The van der Waals surface area contributed by atoms with Gasteiger partial charge in [0.25, 0.3) is 0 Å². The van der Waals surface area contributed by atoms with Gasteiger partial charge in [-0.15, -0.1) is 0 Å². The summed E-state index contributed by atoms with van der Waals surface area (Å²) in [4.78, 5) is 23.4. The smallest absolute Gasteiger partial charge is 0.219 e. The molecule has 1 aromatic rings. The van der Waals surface area contributed by atoms with Crippen LogP contribution < -0.4 is 0 Å². The molecule has 0 aliphatic carbocycles. The Morgan fingerprint density at radius 1 is 1.40 bits per heavy atom. The zero-order valence-corrected chi connectivity index (χ0v) is 9.01. The Morgan fingerprint density at radius 2 is 2.00 bits per heavy atom. The number of benzene rings is 1. The van der Waals surface area contributed by atoms with Crippen LogP contribution in [0.25, 0.3) is 0 Å². The van der Waals surface area contributed by atoms with Gasteiger partial charge in [0.1, 0.15) is 6.29 Å². The molecule has 0 spiro atoms. The van der Waals surface area contributed by atoms with Crippen molar-refractivity contribution >= 4 is 12.2 Å². The maximum Gasteiger partial charge on any atom is 0.219 e. The predicted molar refractivity (Wildman–Crippen MR) is 58.4 cm³/mol. The van der Waals surface area contributed by atoms with E-state index in [2.05, 4.69) is 0 Å². The normalized spacial score (nSPS) is 11.9. The number of nitrogens with zero attached hydrogens (tertiary/aromatic N) is 1. The zero-order valence-electron chi connectivity index (χ0n) is 9.01. The van der Waals surface area contributed by atoms with E-state index in [0.29, 0.717) is 6.42 Å². The van der Waals surface area contributed by atoms with Crippen molar-refractivity contribution in [1.82, 2.24) is 4.90 Å². The largest absolute Gasteiger partial charge is 0.336 e. The first-order valence-corrected chi connectivity index (χ1v) is 4.87. The molecule has 0 radical (unpaired) electrons. The number of hydrogen-bond acceptors (Lipinski definition) is 2. The SMILES string of the molecule is CC(=O)N(C)C(C=O)Cc1ccccc1. The molecule has 0 saturated carbocycles. The summed E-state index contributed by atoms with van der Waals surface area (Å²) >= 11 is 0. The molecule has 0 aromatic heterocycles. The lowest BCUT2D eigenvalue weighted by Crippen LogP contribution is -2.38. The van der Waals surface area contributed by atoms with E-state index in [1.807, 2.05) is 30.3 Å². The molecule has 1 atom stereocenters. The molecule has 1 aromatic carbocycles. The molecule has 0 aliphatic heterocycles. The van der Waals surface area contributed by atoms with E-state index < -0.39 is 0 Å². The topological polar surface area (TPSA) is 37.4 Å². The second kappa shape index (κ2) is 5.29. The Bertz CT molecular complexity index is 335. The molecule has 0 bridgehead atoms. The number of hydrogen-bond donors (Lipinski definition) is 0. The van der Waals surface area contributed by atoms with Crippen molar-refractivity contribution in [2.24, 2.45) is 0 Å². The van der Waals surface area contributed by atoms with E-state index in [9.17, 15) is 9.59 Å². The van der Waals surface area contributed by atoms with E-state index in [4.69, 9.17) is 0 Å². The summed E-state index contributed by atoms with van der Waals surface area (Å²) in [7, 11) is 1.64. The van der Waals surface area contributed by atoms with Crippen LogP contribution in [0.2, 0.25) is 0 Å². The van der Waals surface area contributed by atoms with Gasteiger partial charge in [-0.1, -0.05) is 30.3 Å². The van der Waals surface area contributed by atoms with E-state index >= 15 is 0 Å². The summed E-state index contributed by atoms with van der Waals surface area (Å²) in [5.74, 6) is -0.0944. The van der Waals surface area contributed by atoms with E-state index in [0.717, 1.165) is 11.8 Å². The van der Waals surface area contributed by atoms with E-state index in [1.165, 1.54) is 11.8 Å². The average Bonchev–Trinajstić information content (AvgIpc) is 2.26. The van der Waals surface area contributed by atoms with Crippen LogP contribution in [0.4, 0.5) is 0 Å². The number of aldehydes is 1. The van der Waals surface area contributed by atoms with Crippen LogP contribution in [-0.4, -0.2) is 30.2 Å². The predicted octanol–water partition coefficient (Wildman–Crippen LogP) is 1.27. The molecule has 0 fully saturated rings. The molecule has 3 heteroatoms. The Labute approximate surface area is 89.7 Å².